The quantitative estimate of drug-likeness (QED) is 0.576. The molecular formula is C22H26Cl2N2O2S. The monoisotopic (exact) mass is 452 g/mol. The van der Waals surface area contributed by atoms with E-state index in [0.29, 0.717) is 28.8 Å². The Labute approximate surface area is 187 Å². The van der Waals surface area contributed by atoms with Crippen molar-refractivity contribution >= 4 is 46.8 Å². The largest absolute Gasteiger partial charge is 0.357 e. The number of rotatable bonds is 9. The summed E-state index contributed by atoms with van der Waals surface area (Å²) in [5.74, 6) is 0.700. The molecule has 7 heteroatoms. The molecule has 1 atom stereocenters. The van der Waals surface area contributed by atoms with Gasteiger partial charge in [0.05, 0.1) is 15.8 Å². The van der Waals surface area contributed by atoms with E-state index in [1.165, 1.54) is 11.8 Å². The summed E-state index contributed by atoms with van der Waals surface area (Å²) in [6.07, 6.45) is 0.550. The molecule has 0 aromatic heterocycles. The van der Waals surface area contributed by atoms with Gasteiger partial charge in [-0.1, -0.05) is 66.0 Å². The predicted molar refractivity (Wildman–Crippen MR) is 122 cm³/mol. The van der Waals surface area contributed by atoms with Crippen molar-refractivity contribution in [2.24, 2.45) is 0 Å². The zero-order valence-corrected chi connectivity index (χ0v) is 19.2. The van der Waals surface area contributed by atoms with E-state index < -0.39 is 6.04 Å². The molecular weight excluding hydrogens is 427 g/mol. The van der Waals surface area contributed by atoms with Gasteiger partial charge in [0.25, 0.3) is 0 Å². The number of nitrogens with one attached hydrogen (secondary N) is 1. The van der Waals surface area contributed by atoms with Crippen LogP contribution in [0.1, 0.15) is 30.0 Å². The summed E-state index contributed by atoms with van der Waals surface area (Å²) in [6, 6.07) is 13.0. The molecule has 0 saturated heterocycles. The molecule has 0 radical (unpaired) electrons. The second kappa shape index (κ2) is 11.5. The lowest BCUT2D eigenvalue weighted by molar-refractivity contribution is -0.139. The molecule has 0 saturated carbocycles. The fourth-order valence-corrected chi connectivity index (χ4v) is 4.12. The van der Waals surface area contributed by atoms with E-state index in [4.69, 9.17) is 23.2 Å². The van der Waals surface area contributed by atoms with Crippen LogP contribution in [0.25, 0.3) is 0 Å². The van der Waals surface area contributed by atoms with Gasteiger partial charge in [0.15, 0.2) is 0 Å². The fourth-order valence-electron chi connectivity index (χ4n) is 2.94. The third-order valence-corrected chi connectivity index (χ3v) is 6.31. The second-order valence-corrected chi connectivity index (χ2v) is 8.59. The van der Waals surface area contributed by atoms with Crippen LogP contribution >= 0.6 is 35.0 Å². The Morgan fingerprint density at radius 1 is 1.07 bits per heavy atom. The Hall–Kier alpha value is -1.69. The van der Waals surface area contributed by atoms with Crippen LogP contribution in [0.4, 0.5) is 0 Å². The predicted octanol–water partition coefficient (Wildman–Crippen LogP) is 5.09. The lowest BCUT2D eigenvalue weighted by Crippen LogP contribution is -2.48. The van der Waals surface area contributed by atoms with Crippen LogP contribution in [0, 0.1) is 6.92 Å². The average molecular weight is 453 g/mol. The molecule has 4 nitrogen and oxygen atoms in total. The van der Waals surface area contributed by atoms with Crippen LogP contribution in [0.3, 0.4) is 0 Å². The van der Waals surface area contributed by atoms with Gasteiger partial charge >= 0.3 is 0 Å². The molecule has 2 aromatic rings. The SMILES string of the molecule is CCC(C(=O)NC)N(Cc1ccc(C)cc1)C(=O)CSCc1ccc(Cl)c(Cl)c1. The first kappa shape index (κ1) is 23.6. The van der Waals surface area contributed by atoms with Crippen molar-refractivity contribution in [3.63, 3.8) is 0 Å². The van der Waals surface area contributed by atoms with Crippen molar-refractivity contribution in [1.82, 2.24) is 10.2 Å². The summed E-state index contributed by atoms with van der Waals surface area (Å²) < 4.78 is 0. The highest BCUT2D eigenvalue weighted by Crippen LogP contribution is 2.25. The number of amides is 2. The number of thioether (sulfide) groups is 1. The number of hydrogen-bond donors (Lipinski definition) is 1. The molecule has 2 aromatic carbocycles. The summed E-state index contributed by atoms with van der Waals surface area (Å²) in [5, 5.41) is 3.69. The fraction of sp³-hybridized carbons (Fsp3) is 0.364. The molecule has 1 unspecified atom stereocenters. The van der Waals surface area contributed by atoms with Crippen molar-refractivity contribution in [1.29, 1.82) is 0 Å². The number of likely N-dealkylation sites (N-methyl/N-ethyl adjacent to an activating group) is 1. The third kappa shape index (κ3) is 6.95. The molecule has 0 aliphatic carbocycles. The molecule has 0 aliphatic rings. The number of nitrogens with zero attached hydrogens (tertiary/aromatic N) is 1. The molecule has 1 N–H and O–H groups in total. The van der Waals surface area contributed by atoms with E-state index >= 15 is 0 Å². The van der Waals surface area contributed by atoms with Crippen LogP contribution in [0.5, 0.6) is 0 Å². The topological polar surface area (TPSA) is 49.4 Å². The molecule has 0 fully saturated rings. The van der Waals surface area contributed by atoms with Crippen molar-refractivity contribution in [3.8, 4) is 0 Å². The molecule has 29 heavy (non-hydrogen) atoms. The number of benzene rings is 2. The van der Waals surface area contributed by atoms with E-state index in [1.807, 2.05) is 50.2 Å². The van der Waals surface area contributed by atoms with E-state index in [0.717, 1.165) is 16.7 Å². The average Bonchev–Trinajstić information content (AvgIpc) is 2.71. The molecule has 2 amide bonds. The second-order valence-electron chi connectivity index (χ2n) is 6.79. The third-order valence-electron chi connectivity index (χ3n) is 4.58. The molecule has 0 heterocycles. The number of carbonyl (C=O) groups excluding carboxylic acids is 2. The Bertz CT molecular complexity index is 843. The van der Waals surface area contributed by atoms with E-state index in [-0.39, 0.29) is 17.6 Å². The lowest BCUT2D eigenvalue weighted by atomic mass is 10.1. The minimum Gasteiger partial charge on any atom is -0.357 e. The summed E-state index contributed by atoms with van der Waals surface area (Å²) in [5.41, 5.74) is 3.16. The standard InChI is InChI=1S/C22H26Cl2N2O2S/c1-4-20(22(28)25-3)26(12-16-7-5-15(2)6-8-16)21(27)14-29-13-17-9-10-18(23)19(24)11-17/h5-11,20H,4,12-14H2,1-3H3,(H,25,28). The first-order valence-electron chi connectivity index (χ1n) is 9.44. The maximum Gasteiger partial charge on any atom is 0.242 e. The van der Waals surface area contributed by atoms with Crippen molar-refractivity contribution in [3.05, 3.63) is 69.2 Å². The first-order valence-corrected chi connectivity index (χ1v) is 11.3. The zero-order valence-electron chi connectivity index (χ0n) is 16.9. The van der Waals surface area contributed by atoms with Gasteiger partial charge in [0.1, 0.15) is 6.04 Å². The minimum absolute atomic E-state index is 0.0638. The Morgan fingerprint density at radius 2 is 1.72 bits per heavy atom. The van der Waals surface area contributed by atoms with Crippen molar-refractivity contribution in [2.45, 2.75) is 38.6 Å². The number of aryl methyl sites for hydroxylation is 1. The van der Waals surface area contributed by atoms with E-state index in [1.54, 1.807) is 18.0 Å². The van der Waals surface area contributed by atoms with Crippen molar-refractivity contribution < 1.29 is 9.59 Å². The van der Waals surface area contributed by atoms with Gasteiger partial charge in [-0.2, -0.15) is 0 Å². The van der Waals surface area contributed by atoms with Gasteiger partial charge in [0.2, 0.25) is 11.8 Å². The normalized spacial score (nSPS) is 11.8. The van der Waals surface area contributed by atoms with Gasteiger partial charge in [-0.15, -0.1) is 11.8 Å². The number of carbonyl (C=O) groups is 2. The van der Waals surface area contributed by atoms with Gasteiger partial charge in [-0.25, -0.2) is 0 Å². The van der Waals surface area contributed by atoms with Crippen LogP contribution in [-0.2, 0) is 21.9 Å². The lowest BCUT2D eigenvalue weighted by Gasteiger charge is -2.30. The van der Waals surface area contributed by atoms with Gasteiger partial charge in [-0.3, -0.25) is 9.59 Å². The number of hydrogen-bond acceptors (Lipinski definition) is 3. The van der Waals surface area contributed by atoms with E-state index in [2.05, 4.69) is 5.32 Å². The van der Waals surface area contributed by atoms with E-state index in [9.17, 15) is 9.59 Å². The summed E-state index contributed by atoms with van der Waals surface area (Å²) in [6.45, 7) is 4.34. The molecule has 2 rings (SSSR count). The van der Waals surface area contributed by atoms with Crippen LogP contribution in [0.2, 0.25) is 10.0 Å². The Balaban J connectivity index is 2.08. The summed E-state index contributed by atoms with van der Waals surface area (Å²) in [4.78, 5) is 27.1. The molecule has 156 valence electrons. The van der Waals surface area contributed by atoms with Crippen molar-refractivity contribution in [2.75, 3.05) is 12.8 Å². The van der Waals surface area contributed by atoms with Gasteiger partial charge in [-0.05, 0) is 36.6 Å². The Kier molecular flexibility index (Phi) is 9.34. The van der Waals surface area contributed by atoms with Crippen LogP contribution < -0.4 is 5.32 Å². The zero-order chi connectivity index (χ0) is 21.4. The first-order chi connectivity index (χ1) is 13.8. The van der Waals surface area contributed by atoms with Gasteiger partial charge in [0, 0.05) is 19.3 Å². The molecule has 0 bridgehead atoms. The van der Waals surface area contributed by atoms with Gasteiger partial charge < -0.3 is 10.2 Å². The minimum atomic E-state index is -0.501. The highest BCUT2D eigenvalue weighted by atomic mass is 35.5. The summed E-state index contributed by atoms with van der Waals surface area (Å²) in [7, 11) is 1.60. The molecule has 0 spiro atoms. The highest BCUT2D eigenvalue weighted by molar-refractivity contribution is 7.99. The number of halogens is 2. The summed E-state index contributed by atoms with van der Waals surface area (Å²) >= 11 is 13.5. The maximum absolute atomic E-state index is 13.0. The maximum atomic E-state index is 13.0. The van der Waals surface area contributed by atoms with Crippen LogP contribution in [0.15, 0.2) is 42.5 Å². The Morgan fingerprint density at radius 3 is 2.31 bits per heavy atom. The molecule has 0 aliphatic heterocycles. The highest BCUT2D eigenvalue weighted by Gasteiger charge is 2.27. The smallest absolute Gasteiger partial charge is 0.242 e. The van der Waals surface area contributed by atoms with Crippen LogP contribution in [-0.4, -0.2) is 35.6 Å².